The highest BCUT2D eigenvalue weighted by atomic mass is 35.5. The molecule has 0 fully saturated rings. The SMILES string of the molecule is CC[C@H](N)C(=O)Nc1cccc(NC(N)=O)c1.Cl. The smallest absolute Gasteiger partial charge is 0.316 e. The summed E-state index contributed by atoms with van der Waals surface area (Å²) in [6.07, 6.45) is 0.561. The van der Waals surface area contributed by atoms with Crippen LogP contribution in [0.4, 0.5) is 16.2 Å². The molecule has 0 aliphatic rings. The van der Waals surface area contributed by atoms with Gasteiger partial charge in [0.25, 0.3) is 0 Å². The molecule has 0 spiro atoms. The van der Waals surface area contributed by atoms with Crippen LogP contribution in [0.1, 0.15) is 13.3 Å². The Morgan fingerprint density at radius 1 is 1.28 bits per heavy atom. The van der Waals surface area contributed by atoms with Crippen LogP contribution in [0.5, 0.6) is 0 Å². The third-order valence-corrected chi connectivity index (χ3v) is 2.17. The monoisotopic (exact) mass is 272 g/mol. The van der Waals surface area contributed by atoms with E-state index in [9.17, 15) is 9.59 Å². The molecule has 3 amide bonds. The number of halogens is 1. The van der Waals surface area contributed by atoms with Gasteiger partial charge in [0, 0.05) is 11.4 Å². The van der Waals surface area contributed by atoms with Gasteiger partial charge in [-0.25, -0.2) is 4.79 Å². The summed E-state index contributed by atoms with van der Waals surface area (Å²) < 4.78 is 0. The molecule has 0 aliphatic carbocycles. The molecular weight excluding hydrogens is 256 g/mol. The predicted molar refractivity (Wildman–Crippen MR) is 73.8 cm³/mol. The summed E-state index contributed by atoms with van der Waals surface area (Å²) in [5.74, 6) is -0.260. The van der Waals surface area contributed by atoms with Crippen LogP contribution >= 0.6 is 12.4 Å². The summed E-state index contributed by atoms with van der Waals surface area (Å²) in [4.78, 5) is 22.2. The summed E-state index contributed by atoms with van der Waals surface area (Å²) in [5, 5.41) is 5.07. The molecule has 0 radical (unpaired) electrons. The topological polar surface area (TPSA) is 110 Å². The largest absolute Gasteiger partial charge is 0.351 e. The molecule has 6 nitrogen and oxygen atoms in total. The molecule has 1 aromatic carbocycles. The fourth-order valence-electron chi connectivity index (χ4n) is 1.24. The van der Waals surface area contributed by atoms with Gasteiger partial charge in [-0.05, 0) is 24.6 Å². The van der Waals surface area contributed by atoms with Crippen molar-refractivity contribution in [2.45, 2.75) is 19.4 Å². The number of hydrogen-bond donors (Lipinski definition) is 4. The number of urea groups is 1. The second kappa shape index (κ2) is 7.52. The molecule has 0 bridgehead atoms. The third-order valence-electron chi connectivity index (χ3n) is 2.17. The average Bonchev–Trinajstić information content (AvgIpc) is 2.27. The van der Waals surface area contributed by atoms with Crippen molar-refractivity contribution in [3.63, 3.8) is 0 Å². The van der Waals surface area contributed by atoms with E-state index in [0.29, 0.717) is 17.8 Å². The molecular formula is C11H17ClN4O2. The van der Waals surface area contributed by atoms with Gasteiger partial charge in [-0.3, -0.25) is 4.79 Å². The van der Waals surface area contributed by atoms with Crippen LogP contribution < -0.4 is 22.1 Å². The van der Waals surface area contributed by atoms with Gasteiger partial charge in [0.05, 0.1) is 6.04 Å². The van der Waals surface area contributed by atoms with Gasteiger partial charge in [-0.2, -0.15) is 0 Å². The Balaban J connectivity index is 0.00000289. The molecule has 0 unspecified atom stereocenters. The number of nitrogens with one attached hydrogen (secondary N) is 2. The van der Waals surface area contributed by atoms with Crippen molar-refractivity contribution >= 4 is 35.7 Å². The Labute approximate surface area is 112 Å². The van der Waals surface area contributed by atoms with E-state index in [0.717, 1.165) is 0 Å². The van der Waals surface area contributed by atoms with Crippen molar-refractivity contribution < 1.29 is 9.59 Å². The number of anilines is 2. The lowest BCUT2D eigenvalue weighted by Gasteiger charge is -2.11. The quantitative estimate of drug-likeness (QED) is 0.662. The first-order valence-corrected chi connectivity index (χ1v) is 5.26. The highest BCUT2D eigenvalue weighted by Gasteiger charge is 2.10. The van der Waals surface area contributed by atoms with E-state index in [1.165, 1.54) is 0 Å². The molecule has 6 N–H and O–H groups in total. The van der Waals surface area contributed by atoms with Crippen molar-refractivity contribution in [3.8, 4) is 0 Å². The Kier molecular flexibility index (Phi) is 6.77. The van der Waals surface area contributed by atoms with Crippen molar-refractivity contribution in [2.24, 2.45) is 11.5 Å². The summed E-state index contributed by atoms with van der Waals surface area (Å²) in [7, 11) is 0. The number of nitrogens with two attached hydrogens (primary N) is 2. The summed E-state index contributed by atoms with van der Waals surface area (Å²) in [6, 6.07) is 5.47. The number of amides is 3. The first-order valence-electron chi connectivity index (χ1n) is 5.26. The summed E-state index contributed by atoms with van der Waals surface area (Å²) in [6.45, 7) is 1.83. The van der Waals surface area contributed by atoms with Crippen LogP contribution in [0.3, 0.4) is 0 Å². The Bertz CT molecular complexity index is 425. The number of carbonyl (C=O) groups is 2. The van der Waals surface area contributed by atoms with E-state index >= 15 is 0 Å². The Hall–Kier alpha value is -1.79. The molecule has 0 saturated heterocycles. The van der Waals surface area contributed by atoms with Gasteiger partial charge >= 0.3 is 6.03 Å². The normalized spacial score (nSPS) is 11.0. The predicted octanol–water partition coefficient (Wildman–Crippen LogP) is 1.27. The van der Waals surface area contributed by atoms with E-state index in [1.807, 2.05) is 6.92 Å². The van der Waals surface area contributed by atoms with E-state index in [-0.39, 0.29) is 18.3 Å². The molecule has 0 aliphatic heterocycles. The van der Waals surface area contributed by atoms with Crippen molar-refractivity contribution in [1.82, 2.24) is 0 Å². The lowest BCUT2D eigenvalue weighted by atomic mass is 10.2. The van der Waals surface area contributed by atoms with Crippen molar-refractivity contribution in [1.29, 1.82) is 0 Å². The van der Waals surface area contributed by atoms with Crippen LogP contribution in [0.15, 0.2) is 24.3 Å². The van der Waals surface area contributed by atoms with Crippen LogP contribution in [-0.2, 0) is 4.79 Å². The van der Waals surface area contributed by atoms with Gasteiger partial charge in [-0.15, -0.1) is 12.4 Å². The van der Waals surface area contributed by atoms with Gasteiger partial charge in [0.15, 0.2) is 0 Å². The zero-order valence-corrected chi connectivity index (χ0v) is 10.8. The summed E-state index contributed by atoms with van der Waals surface area (Å²) in [5.41, 5.74) is 11.6. The molecule has 1 rings (SSSR count). The van der Waals surface area contributed by atoms with E-state index in [2.05, 4.69) is 10.6 Å². The fourth-order valence-corrected chi connectivity index (χ4v) is 1.24. The maximum Gasteiger partial charge on any atom is 0.316 e. The van der Waals surface area contributed by atoms with Gasteiger partial charge in [-0.1, -0.05) is 13.0 Å². The second-order valence-electron chi connectivity index (χ2n) is 3.57. The third kappa shape index (κ3) is 5.03. The molecule has 100 valence electrons. The molecule has 0 heterocycles. The number of carbonyl (C=O) groups excluding carboxylic acids is 2. The minimum Gasteiger partial charge on any atom is -0.351 e. The standard InChI is InChI=1S/C11H16N4O2.ClH/c1-2-9(12)10(16)14-7-4-3-5-8(6-7)15-11(13)17;/h3-6,9H,2,12H2,1H3,(H,14,16)(H3,13,15,17);1H/t9-;/m0./s1. The number of rotatable bonds is 4. The van der Waals surface area contributed by atoms with E-state index in [1.54, 1.807) is 24.3 Å². The van der Waals surface area contributed by atoms with Crippen LogP contribution in [0.25, 0.3) is 0 Å². The van der Waals surface area contributed by atoms with E-state index in [4.69, 9.17) is 11.5 Å². The first kappa shape index (κ1) is 16.2. The number of primary amides is 1. The molecule has 7 heteroatoms. The maximum absolute atomic E-state index is 11.5. The highest BCUT2D eigenvalue weighted by molar-refractivity contribution is 5.95. The number of benzene rings is 1. The molecule has 18 heavy (non-hydrogen) atoms. The van der Waals surface area contributed by atoms with Gasteiger partial charge < -0.3 is 22.1 Å². The lowest BCUT2D eigenvalue weighted by molar-refractivity contribution is -0.117. The second-order valence-corrected chi connectivity index (χ2v) is 3.57. The van der Waals surface area contributed by atoms with Crippen LogP contribution in [0.2, 0.25) is 0 Å². The molecule has 1 aromatic rings. The minimum atomic E-state index is -0.654. The maximum atomic E-state index is 11.5. The molecule has 0 saturated carbocycles. The first-order chi connectivity index (χ1) is 8.02. The van der Waals surface area contributed by atoms with Crippen molar-refractivity contribution in [2.75, 3.05) is 10.6 Å². The zero-order chi connectivity index (χ0) is 12.8. The van der Waals surface area contributed by atoms with Gasteiger partial charge in [0.1, 0.15) is 0 Å². The van der Waals surface area contributed by atoms with Crippen LogP contribution in [-0.4, -0.2) is 18.0 Å². The zero-order valence-electron chi connectivity index (χ0n) is 9.97. The average molecular weight is 273 g/mol. The van der Waals surface area contributed by atoms with Crippen LogP contribution in [0, 0.1) is 0 Å². The Morgan fingerprint density at radius 3 is 2.33 bits per heavy atom. The summed E-state index contributed by atoms with van der Waals surface area (Å²) >= 11 is 0. The molecule has 1 atom stereocenters. The highest BCUT2D eigenvalue weighted by Crippen LogP contribution is 2.15. The fraction of sp³-hybridized carbons (Fsp3) is 0.273. The Morgan fingerprint density at radius 2 is 1.83 bits per heavy atom. The minimum absolute atomic E-state index is 0. The lowest BCUT2D eigenvalue weighted by Crippen LogP contribution is -2.34. The van der Waals surface area contributed by atoms with Gasteiger partial charge in [0.2, 0.25) is 5.91 Å². The van der Waals surface area contributed by atoms with Crippen molar-refractivity contribution in [3.05, 3.63) is 24.3 Å². The molecule has 0 aromatic heterocycles. The van der Waals surface area contributed by atoms with E-state index < -0.39 is 12.1 Å². The number of hydrogen-bond acceptors (Lipinski definition) is 3.